The summed E-state index contributed by atoms with van der Waals surface area (Å²) in [5.74, 6) is 0.431. The molecule has 0 radical (unpaired) electrons. The van der Waals surface area contributed by atoms with Crippen LogP contribution in [0.3, 0.4) is 0 Å². The van der Waals surface area contributed by atoms with Gasteiger partial charge in [-0.15, -0.1) is 0 Å². The molecule has 1 atom stereocenters. The van der Waals surface area contributed by atoms with Crippen molar-refractivity contribution in [1.29, 1.82) is 0 Å². The SMILES string of the molecule is CCCC(CN)c1nc2ccc(F)cc2o1. The summed E-state index contributed by atoms with van der Waals surface area (Å²) in [5, 5.41) is 0. The Labute approximate surface area is 93.5 Å². The third-order valence-electron chi connectivity index (χ3n) is 2.64. The summed E-state index contributed by atoms with van der Waals surface area (Å²) in [5.41, 5.74) is 6.84. The van der Waals surface area contributed by atoms with E-state index in [1.54, 1.807) is 6.07 Å². The Morgan fingerprint density at radius 3 is 3.00 bits per heavy atom. The maximum atomic E-state index is 13.0. The van der Waals surface area contributed by atoms with Gasteiger partial charge in [0.2, 0.25) is 0 Å². The lowest BCUT2D eigenvalue weighted by Gasteiger charge is -2.07. The second kappa shape index (κ2) is 4.61. The summed E-state index contributed by atoms with van der Waals surface area (Å²) in [7, 11) is 0. The highest BCUT2D eigenvalue weighted by Gasteiger charge is 2.16. The number of oxazole rings is 1. The molecule has 0 amide bonds. The largest absolute Gasteiger partial charge is 0.440 e. The van der Waals surface area contributed by atoms with Gasteiger partial charge in [-0.1, -0.05) is 13.3 Å². The smallest absolute Gasteiger partial charge is 0.199 e. The Bertz CT molecular complexity index is 481. The monoisotopic (exact) mass is 222 g/mol. The van der Waals surface area contributed by atoms with Crippen LogP contribution >= 0.6 is 0 Å². The van der Waals surface area contributed by atoms with Crippen molar-refractivity contribution >= 4 is 11.1 Å². The van der Waals surface area contributed by atoms with E-state index >= 15 is 0 Å². The first-order chi connectivity index (χ1) is 7.74. The van der Waals surface area contributed by atoms with Crippen molar-refractivity contribution in [2.24, 2.45) is 5.73 Å². The van der Waals surface area contributed by atoms with Crippen LogP contribution in [0.4, 0.5) is 4.39 Å². The van der Waals surface area contributed by atoms with Crippen LogP contribution in [0.25, 0.3) is 11.1 Å². The molecule has 0 aliphatic rings. The molecule has 1 heterocycles. The van der Waals surface area contributed by atoms with Gasteiger partial charge in [-0.05, 0) is 18.6 Å². The molecule has 1 aromatic heterocycles. The van der Waals surface area contributed by atoms with Crippen LogP contribution in [0.2, 0.25) is 0 Å². The van der Waals surface area contributed by atoms with Crippen LogP contribution in [0.1, 0.15) is 31.6 Å². The highest BCUT2D eigenvalue weighted by atomic mass is 19.1. The Balaban J connectivity index is 2.37. The number of rotatable bonds is 4. The lowest BCUT2D eigenvalue weighted by Crippen LogP contribution is -2.12. The number of fused-ring (bicyclic) bond motifs is 1. The Hall–Kier alpha value is -1.42. The molecule has 0 fully saturated rings. The molecule has 0 aliphatic carbocycles. The standard InChI is InChI=1S/C12H15FN2O/c1-2-3-8(7-14)12-15-10-5-4-9(13)6-11(10)16-12/h4-6,8H,2-3,7,14H2,1H3. The Morgan fingerprint density at radius 1 is 1.50 bits per heavy atom. The van der Waals surface area contributed by atoms with Gasteiger partial charge in [0.05, 0.1) is 0 Å². The van der Waals surface area contributed by atoms with Crippen LogP contribution in [-0.2, 0) is 0 Å². The van der Waals surface area contributed by atoms with E-state index < -0.39 is 0 Å². The summed E-state index contributed by atoms with van der Waals surface area (Å²) in [4.78, 5) is 4.33. The maximum Gasteiger partial charge on any atom is 0.199 e. The number of benzene rings is 1. The van der Waals surface area contributed by atoms with Crippen molar-refractivity contribution in [2.75, 3.05) is 6.54 Å². The number of nitrogens with zero attached hydrogens (tertiary/aromatic N) is 1. The summed E-state index contributed by atoms with van der Waals surface area (Å²) in [6, 6.07) is 4.36. The third kappa shape index (κ3) is 2.07. The predicted molar refractivity (Wildman–Crippen MR) is 60.7 cm³/mol. The van der Waals surface area contributed by atoms with E-state index in [0.717, 1.165) is 12.8 Å². The summed E-state index contributed by atoms with van der Waals surface area (Å²) in [6.07, 6.45) is 1.96. The van der Waals surface area contributed by atoms with Gasteiger partial charge in [0.1, 0.15) is 11.3 Å². The lowest BCUT2D eigenvalue weighted by atomic mass is 10.0. The van der Waals surface area contributed by atoms with Gasteiger partial charge in [0, 0.05) is 18.5 Å². The van der Waals surface area contributed by atoms with Gasteiger partial charge >= 0.3 is 0 Å². The van der Waals surface area contributed by atoms with Crippen LogP contribution in [-0.4, -0.2) is 11.5 Å². The van der Waals surface area contributed by atoms with Crippen LogP contribution in [0.5, 0.6) is 0 Å². The van der Waals surface area contributed by atoms with Gasteiger partial charge in [-0.25, -0.2) is 9.37 Å². The first-order valence-electron chi connectivity index (χ1n) is 5.50. The second-order valence-electron chi connectivity index (χ2n) is 3.89. The first kappa shape index (κ1) is 11.1. The third-order valence-corrected chi connectivity index (χ3v) is 2.64. The number of nitrogens with two attached hydrogens (primary N) is 1. The van der Waals surface area contributed by atoms with E-state index in [0.29, 0.717) is 23.5 Å². The van der Waals surface area contributed by atoms with Gasteiger partial charge < -0.3 is 10.2 Å². The quantitative estimate of drug-likeness (QED) is 0.865. The average Bonchev–Trinajstić information content (AvgIpc) is 2.68. The molecule has 86 valence electrons. The summed E-state index contributed by atoms with van der Waals surface area (Å²) in [6.45, 7) is 2.59. The number of aromatic nitrogens is 1. The molecule has 0 bridgehead atoms. The topological polar surface area (TPSA) is 52.0 Å². The molecule has 2 N–H and O–H groups in total. The van der Waals surface area contributed by atoms with E-state index in [1.807, 2.05) is 0 Å². The average molecular weight is 222 g/mol. The molecule has 4 heteroatoms. The normalized spacial score (nSPS) is 13.2. The highest BCUT2D eigenvalue weighted by Crippen LogP contribution is 2.24. The van der Waals surface area contributed by atoms with Crippen LogP contribution < -0.4 is 5.73 Å². The molecule has 0 spiro atoms. The molecule has 1 unspecified atom stereocenters. The molecule has 1 aromatic carbocycles. The van der Waals surface area contributed by atoms with E-state index in [9.17, 15) is 4.39 Å². The van der Waals surface area contributed by atoms with Crippen molar-refractivity contribution in [3.8, 4) is 0 Å². The zero-order chi connectivity index (χ0) is 11.5. The summed E-state index contributed by atoms with van der Waals surface area (Å²) >= 11 is 0. The van der Waals surface area contributed by atoms with Crippen molar-refractivity contribution in [3.63, 3.8) is 0 Å². The highest BCUT2D eigenvalue weighted by molar-refractivity contribution is 5.72. The molecule has 2 rings (SSSR count). The zero-order valence-corrected chi connectivity index (χ0v) is 9.24. The first-order valence-corrected chi connectivity index (χ1v) is 5.50. The number of hydrogen-bond acceptors (Lipinski definition) is 3. The zero-order valence-electron chi connectivity index (χ0n) is 9.24. The van der Waals surface area contributed by atoms with Gasteiger partial charge in [-0.2, -0.15) is 0 Å². The summed E-state index contributed by atoms with van der Waals surface area (Å²) < 4.78 is 18.5. The molecule has 0 aliphatic heterocycles. The minimum atomic E-state index is -0.310. The second-order valence-corrected chi connectivity index (χ2v) is 3.89. The predicted octanol–water partition coefficient (Wildman–Crippen LogP) is 2.81. The molecule has 2 aromatic rings. The van der Waals surface area contributed by atoms with Gasteiger partial charge in [0.25, 0.3) is 0 Å². The van der Waals surface area contributed by atoms with Gasteiger partial charge in [-0.3, -0.25) is 0 Å². The molecule has 3 nitrogen and oxygen atoms in total. The van der Waals surface area contributed by atoms with Crippen LogP contribution in [0, 0.1) is 5.82 Å². The molecular formula is C12H15FN2O. The van der Waals surface area contributed by atoms with Crippen molar-refractivity contribution in [2.45, 2.75) is 25.7 Å². The number of halogens is 1. The molecule has 0 saturated carbocycles. The molecule has 0 saturated heterocycles. The number of hydrogen-bond donors (Lipinski definition) is 1. The van der Waals surface area contributed by atoms with Gasteiger partial charge in [0.15, 0.2) is 11.5 Å². The molecular weight excluding hydrogens is 207 g/mol. The van der Waals surface area contributed by atoms with E-state index in [2.05, 4.69) is 11.9 Å². The molecule has 16 heavy (non-hydrogen) atoms. The minimum absolute atomic E-state index is 0.125. The fourth-order valence-corrected chi connectivity index (χ4v) is 1.78. The lowest BCUT2D eigenvalue weighted by molar-refractivity contribution is 0.452. The Kier molecular flexibility index (Phi) is 3.19. The minimum Gasteiger partial charge on any atom is -0.440 e. The Morgan fingerprint density at radius 2 is 2.31 bits per heavy atom. The maximum absolute atomic E-state index is 13.0. The van der Waals surface area contributed by atoms with Crippen molar-refractivity contribution in [1.82, 2.24) is 4.98 Å². The van der Waals surface area contributed by atoms with E-state index in [1.165, 1.54) is 12.1 Å². The fraction of sp³-hybridized carbons (Fsp3) is 0.417. The van der Waals surface area contributed by atoms with Crippen molar-refractivity contribution in [3.05, 3.63) is 29.9 Å². The van der Waals surface area contributed by atoms with E-state index in [4.69, 9.17) is 10.2 Å². The van der Waals surface area contributed by atoms with E-state index in [-0.39, 0.29) is 11.7 Å². The fourth-order valence-electron chi connectivity index (χ4n) is 1.78. The van der Waals surface area contributed by atoms with Crippen LogP contribution in [0.15, 0.2) is 22.6 Å². The van der Waals surface area contributed by atoms with Crippen molar-refractivity contribution < 1.29 is 8.81 Å².